The lowest BCUT2D eigenvalue weighted by Gasteiger charge is -2.43. The highest BCUT2D eigenvalue weighted by molar-refractivity contribution is 7.91. The van der Waals surface area contributed by atoms with Crippen LogP contribution in [0.3, 0.4) is 0 Å². The Balaban J connectivity index is 1.40. The van der Waals surface area contributed by atoms with Crippen LogP contribution in [0.25, 0.3) is 0 Å². The number of benzene rings is 1. The maximum absolute atomic E-state index is 15.5. The summed E-state index contributed by atoms with van der Waals surface area (Å²) >= 11 is 0. The Labute approximate surface area is 190 Å². The van der Waals surface area contributed by atoms with E-state index in [1.807, 2.05) is 4.90 Å². The Hall–Kier alpha value is -1.31. The Bertz CT molecular complexity index is 914. The van der Waals surface area contributed by atoms with Crippen molar-refractivity contribution < 1.29 is 31.1 Å². The van der Waals surface area contributed by atoms with Crippen LogP contribution < -0.4 is 16.0 Å². The first kappa shape index (κ1) is 24.8. The zero-order valence-electron chi connectivity index (χ0n) is 18.1. The van der Waals surface area contributed by atoms with E-state index in [0.29, 0.717) is 13.2 Å². The molecular formula is C21H30F4N4O3S. The maximum Gasteiger partial charge on any atom is 0.416 e. The second-order valence-corrected chi connectivity index (χ2v) is 11.5. The summed E-state index contributed by atoms with van der Waals surface area (Å²) in [5, 5.41) is 19.8. The second-order valence-electron chi connectivity index (χ2n) is 9.22. The zero-order chi connectivity index (χ0) is 23.9. The number of sulfone groups is 1. The molecule has 3 fully saturated rings. The van der Waals surface area contributed by atoms with Gasteiger partial charge in [-0.2, -0.15) is 13.2 Å². The van der Waals surface area contributed by atoms with Crippen LogP contribution in [0.1, 0.15) is 42.9 Å². The van der Waals surface area contributed by atoms with Gasteiger partial charge in [-0.05, 0) is 43.4 Å². The molecule has 3 unspecified atom stereocenters. The maximum atomic E-state index is 15.5. The van der Waals surface area contributed by atoms with Crippen molar-refractivity contribution in [1.82, 2.24) is 20.9 Å². The van der Waals surface area contributed by atoms with E-state index in [-0.39, 0.29) is 36.9 Å². The predicted octanol–water partition coefficient (Wildman–Crippen LogP) is 1.51. The van der Waals surface area contributed by atoms with Gasteiger partial charge in [0, 0.05) is 25.8 Å². The number of hydrogen-bond acceptors (Lipinski definition) is 7. The number of halogens is 4. The lowest BCUT2D eigenvalue weighted by atomic mass is 9.96. The number of alkyl halides is 4. The molecule has 3 aliphatic heterocycles. The van der Waals surface area contributed by atoms with Crippen LogP contribution in [0.15, 0.2) is 24.3 Å². The number of nitrogens with zero attached hydrogens (tertiary/aromatic N) is 1. The van der Waals surface area contributed by atoms with Crippen molar-refractivity contribution in [2.24, 2.45) is 0 Å². The Morgan fingerprint density at radius 3 is 2.45 bits per heavy atom. The van der Waals surface area contributed by atoms with Crippen molar-refractivity contribution in [3.63, 3.8) is 0 Å². The van der Waals surface area contributed by atoms with Gasteiger partial charge in [-0.25, -0.2) is 12.8 Å². The van der Waals surface area contributed by atoms with E-state index in [1.54, 1.807) is 0 Å². The van der Waals surface area contributed by atoms with Gasteiger partial charge in [-0.1, -0.05) is 12.1 Å². The zero-order valence-corrected chi connectivity index (χ0v) is 18.9. The SMILES string of the molecule is O=S1(=O)CCC(O)(CNC2NCNC(N3CCC[C@@H]3c3ccc(C(F)(F)F)cc3)C2F)CC1. The Kier molecular flexibility index (Phi) is 7.05. The van der Waals surface area contributed by atoms with Gasteiger partial charge in [-0.3, -0.25) is 20.9 Å². The van der Waals surface area contributed by atoms with Crippen molar-refractivity contribution in [3.8, 4) is 0 Å². The molecule has 7 nitrogen and oxygen atoms in total. The first-order valence-corrected chi connectivity index (χ1v) is 13.0. The third kappa shape index (κ3) is 5.68. The van der Waals surface area contributed by atoms with Crippen molar-refractivity contribution >= 4 is 9.84 Å². The topological polar surface area (TPSA) is 93.7 Å². The molecule has 33 heavy (non-hydrogen) atoms. The summed E-state index contributed by atoms with van der Waals surface area (Å²) in [7, 11) is -3.13. The number of hydrogen-bond donors (Lipinski definition) is 4. The van der Waals surface area contributed by atoms with Gasteiger partial charge in [-0.15, -0.1) is 0 Å². The molecule has 0 radical (unpaired) electrons. The molecule has 3 aliphatic rings. The first-order chi connectivity index (χ1) is 15.5. The third-order valence-corrected chi connectivity index (χ3v) is 8.59. The molecule has 0 saturated carbocycles. The highest BCUT2D eigenvalue weighted by Gasteiger charge is 2.43. The summed E-state index contributed by atoms with van der Waals surface area (Å²) in [4.78, 5) is 1.95. The van der Waals surface area contributed by atoms with Crippen LogP contribution in [0.4, 0.5) is 17.6 Å². The molecular weight excluding hydrogens is 464 g/mol. The molecule has 0 aliphatic carbocycles. The van der Waals surface area contributed by atoms with Crippen LogP contribution in [-0.4, -0.2) is 73.8 Å². The minimum absolute atomic E-state index is 0.0651. The summed E-state index contributed by atoms with van der Waals surface area (Å²) < 4.78 is 77.5. The van der Waals surface area contributed by atoms with E-state index in [2.05, 4.69) is 16.0 Å². The van der Waals surface area contributed by atoms with E-state index in [9.17, 15) is 26.7 Å². The summed E-state index contributed by atoms with van der Waals surface area (Å²) in [6.07, 6.45) is -5.48. The van der Waals surface area contributed by atoms with Crippen LogP contribution in [-0.2, 0) is 16.0 Å². The van der Waals surface area contributed by atoms with Gasteiger partial charge in [0.05, 0.1) is 35.0 Å². The fourth-order valence-corrected chi connectivity index (χ4v) is 6.52. The molecule has 0 spiro atoms. The molecule has 4 rings (SSSR count). The van der Waals surface area contributed by atoms with E-state index in [0.717, 1.165) is 30.5 Å². The summed E-state index contributed by atoms with van der Waals surface area (Å²) in [5.41, 5.74) is -1.20. The Morgan fingerprint density at radius 2 is 1.82 bits per heavy atom. The van der Waals surface area contributed by atoms with Crippen LogP contribution in [0, 0.1) is 0 Å². The van der Waals surface area contributed by atoms with E-state index < -0.39 is 45.7 Å². The normalized spacial score (nSPS) is 32.6. The minimum atomic E-state index is -4.40. The molecule has 0 bridgehead atoms. The molecule has 186 valence electrons. The van der Waals surface area contributed by atoms with Crippen molar-refractivity contribution in [2.75, 3.05) is 31.3 Å². The van der Waals surface area contributed by atoms with Gasteiger partial charge >= 0.3 is 6.18 Å². The minimum Gasteiger partial charge on any atom is -0.388 e. The second kappa shape index (κ2) is 9.38. The Morgan fingerprint density at radius 1 is 1.15 bits per heavy atom. The monoisotopic (exact) mass is 494 g/mol. The predicted molar refractivity (Wildman–Crippen MR) is 115 cm³/mol. The lowest BCUT2D eigenvalue weighted by molar-refractivity contribution is -0.137. The fourth-order valence-electron chi connectivity index (χ4n) is 4.93. The fraction of sp³-hybridized carbons (Fsp3) is 0.714. The highest BCUT2D eigenvalue weighted by atomic mass is 32.2. The van der Waals surface area contributed by atoms with Gasteiger partial charge < -0.3 is 5.11 Å². The number of nitrogens with one attached hydrogen (secondary N) is 3. The smallest absolute Gasteiger partial charge is 0.388 e. The average Bonchev–Trinajstić information content (AvgIpc) is 3.25. The molecule has 1 aromatic rings. The number of rotatable bonds is 5. The van der Waals surface area contributed by atoms with Gasteiger partial charge in [0.25, 0.3) is 0 Å². The highest BCUT2D eigenvalue weighted by Crippen LogP contribution is 2.37. The molecule has 0 aromatic heterocycles. The van der Waals surface area contributed by atoms with Crippen molar-refractivity contribution in [2.45, 2.75) is 62.0 Å². The first-order valence-electron chi connectivity index (χ1n) is 11.2. The molecule has 3 saturated heterocycles. The van der Waals surface area contributed by atoms with Crippen molar-refractivity contribution in [3.05, 3.63) is 35.4 Å². The lowest BCUT2D eigenvalue weighted by Crippen LogP contribution is -2.69. The van der Waals surface area contributed by atoms with Crippen LogP contribution in [0.2, 0.25) is 0 Å². The number of aliphatic hydroxyl groups is 1. The quantitative estimate of drug-likeness (QED) is 0.461. The third-order valence-electron chi connectivity index (χ3n) is 6.94. The molecule has 4 N–H and O–H groups in total. The van der Waals surface area contributed by atoms with Crippen LogP contribution >= 0.6 is 0 Å². The standard InChI is InChI=1S/C21H30F4N4O3S/c22-17-18(26-12-20(30)7-10-33(31,32)11-8-20)27-13-28-19(17)29-9-1-2-16(29)14-3-5-15(6-4-14)21(23,24)25/h3-6,16-19,26-28,30H,1-2,7-13H2/t16-,17?,18?,19?/m1/s1. The van der Waals surface area contributed by atoms with Crippen LogP contribution in [0.5, 0.6) is 0 Å². The van der Waals surface area contributed by atoms with Gasteiger partial charge in [0.2, 0.25) is 0 Å². The van der Waals surface area contributed by atoms with E-state index in [4.69, 9.17) is 0 Å². The summed E-state index contributed by atoms with van der Waals surface area (Å²) in [5.74, 6) is -0.176. The number of likely N-dealkylation sites (tertiary alicyclic amines) is 1. The molecule has 4 atom stereocenters. The molecule has 12 heteroatoms. The summed E-state index contributed by atoms with van der Waals surface area (Å²) in [6, 6.07) is 4.84. The summed E-state index contributed by atoms with van der Waals surface area (Å²) in [6.45, 7) is 0.986. The molecule has 3 heterocycles. The van der Waals surface area contributed by atoms with E-state index in [1.165, 1.54) is 12.1 Å². The van der Waals surface area contributed by atoms with Crippen molar-refractivity contribution in [1.29, 1.82) is 0 Å². The van der Waals surface area contributed by atoms with Gasteiger partial charge in [0.15, 0.2) is 16.0 Å². The average molecular weight is 495 g/mol. The molecule has 0 amide bonds. The largest absolute Gasteiger partial charge is 0.416 e. The van der Waals surface area contributed by atoms with E-state index >= 15 is 4.39 Å². The molecule has 1 aromatic carbocycles. The van der Waals surface area contributed by atoms with Gasteiger partial charge in [0.1, 0.15) is 0 Å².